The van der Waals surface area contributed by atoms with Crippen LogP contribution in [-0.2, 0) is 10.0 Å². The van der Waals surface area contributed by atoms with Gasteiger partial charge in [0.2, 0.25) is 10.0 Å². The van der Waals surface area contributed by atoms with Crippen molar-refractivity contribution >= 4 is 15.7 Å². The predicted molar refractivity (Wildman–Crippen MR) is 72.8 cm³/mol. The highest BCUT2D eigenvalue weighted by atomic mass is 32.2. The van der Waals surface area contributed by atoms with E-state index in [4.69, 9.17) is 0 Å². The molecule has 1 aromatic rings. The molecular weight excluding hydrogens is 286 g/mol. The van der Waals surface area contributed by atoms with Crippen molar-refractivity contribution in [1.82, 2.24) is 9.62 Å². The zero-order valence-electron chi connectivity index (χ0n) is 11.2. The summed E-state index contributed by atoms with van der Waals surface area (Å²) in [5.41, 5.74) is -0.484. The number of hydrogen-bond donors (Lipinski definition) is 2. The lowest BCUT2D eigenvalue weighted by molar-refractivity contribution is -0.387. The van der Waals surface area contributed by atoms with E-state index in [9.17, 15) is 23.6 Å². The van der Waals surface area contributed by atoms with Crippen LogP contribution in [0.2, 0.25) is 0 Å². The average Bonchev–Trinajstić information content (AvgIpc) is 2.38. The van der Waals surface area contributed by atoms with Crippen molar-refractivity contribution in [2.75, 3.05) is 27.2 Å². The summed E-state index contributed by atoms with van der Waals surface area (Å²) in [5, 5.41) is 23.2. The second-order valence-electron chi connectivity index (χ2n) is 4.22. The number of nitrogens with zero attached hydrogens (tertiary/aromatic N) is 2. The third-order valence-corrected chi connectivity index (χ3v) is 4.53. The van der Waals surface area contributed by atoms with Crippen LogP contribution in [0.5, 0.6) is 0 Å². The monoisotopic (exact) mass is 303 g/mol. The fraction of sp³-hybridized carbons (Fsp3) is 0.455. The number of likely N-dealkylation sites (N-methyl/N-ethyl adjacent to an activating group) is 2. The third kappa shape index (κ3) is 3.73. The molecule has 1 rings (SSSR count). The van der Waals surface area contributed by atoms with Crippen molar-refractivity contribution in [1.29, 1.82) is 0 Å². The normalized spacial score (nSPS) is 13.4. The van der Waals surface area contributed by atoms with E-state index in [-0.39, 0.29) is 18.0 Å². The van der Waals surface area contributed by atoms with E-state index in [2.05, 4.69) is 5.32 Å². The average molecular weight is 303 g/mol. The van der Waals surface area contributed by atoms with Crippen LogP contribution in [-0.4, -0.2) is 56.0 Å². The Balaban J connectivity index is 3.08. The van der Waals surface area contributed by atoms with Crippen LogP contribution in [0.25, 0.3) is 0 Å². The molecule has 0 spiro atoms. The van der Waals surface area contributed by atoms with Crippen molar-refractivity contribution < 1.29 is 18.4 Å². The fourth-order valence-electron chi connectivity index (χ4n) is 1.69. The van der Waals surface area contributed by atoms with Crippen LogP contribution < -0.4 is 5.32 Å². The molecule has 0 aliphatic rings. The lowest BCUT2D eigenvalue weighted by Crippen LogP contribution is -2.38. The summed E-state index contributed by atoms with van der Waals surface area (Å²) in [7, 11) is -1.13. The highest BCUT2D eigenvalue weighted by molar-refractivity contribution is 7.89. The van der Waals surface area contributed by atoms with E-state index < -0.39 is 26.7 Å². The Hall–Kier alpha value is -1.55. The van der Waals surface area contributed by atoms with Gasteiger partial charge in [-0.1, -0.05) is 12.1 Å². The van der Waals surface area contributed by atoms with Crippen LogP contribution in [0.1, 0.15) is 0 Å². The van der Waals surface area contributed by atoms with E-state index in [1.165, 1.54) is 25.2 Å². The van der Waals surface area contributed by atoms with Crippen molar-refractivity contribution in [3.05, 3.63) is 34.4 Å². The molecule has 1 atom stereocenters. The van der Waals surface area contributed by atoms with Crippen LogP contribution in [0.3, 0.4) is 0 Å². The molecule has 1 unspecified atom stereocenters. The van der Waals surface area contributed by atoms with E-state index in [0.29, 0.717) is 0 Å². The Kier molecular flexibility index (Phi) is 5.57. The van der Waals surface area contributed by atoms with Crippen molar-refractivity contribution in [2.45, 2.75) is 11.0 Å². The van der Waals surface area contributed by atoms with Gasteiger partial charge in [-0.3, -0.25) is 10.1 Å². The first kappa shape index (κ1) is 16.5. The first-order valence-electron chi connectivity index (χ1n) is 5.83. The molecule has 8 nitrogen and oxygen atoms in total. The Morgan fingerprint density at radius 2 is 2.05 bits per heavy atom. The van der Waals surface area contributed by atoms with Crippen molar-refractivity contribution in [2.24, 2.45) is 0 Å². The summed E-state index contributed by atoms with van der Waals surface area (Å²) < 4.78 is 25.5. The number of nitrogens with one attached hydrogen (secondary N) is 1. The van der Waals surface area contributed by atoms with Gasteiger partial charge >= 0.3 is 0 Å². The van der Waals surface area contributed by atoms with E-state index in [0.717, 1.165) is 10.4 Å². The molecule has 20 heavy (non-hydrogen) atoms. The number of aliphatic hydroxyl groups is 1. The maximum absolute atomic E-state index is 12.3. The van der Waals surface area contributed by atoms with Crippen LogP contribution in [0.15, 0.2) is 29.2 Å². The molecule has 0 amide bonds. The van der Waals surface area contributed by atoms with Gasteiger partial charge in [-0.2, -0.15) is 4.31 Å². The standard InChI is InChI=1S/C11H17N3O5S/c1-12-7-9(15)8-13(2)20(18,19)11-6-4-3-5-10(11)14(16)17/h3-6,9,12,15H,7-8H2,1-2H3. The van der Waals surface area contributed by atoms with Gasteiger partial charge in [0.1, 0.15) is 0 Å². The Morgan fingerprint density at radius 1 is 1.45 bits per heavy atom. The van der Waals surface area contributed by atoms with Crippen LogP contribution in [0.4, 0.5) is 5.69 Å². The smallest absolute Gasteiger partial charge is 0.289 e. The van der Waals surface area contributed by atoms with E-state index in [1.807, 2.05) is 0 Å². The van der Waals surface area contributed by atoms with Gasteiger partial charge in [-0.05, 0) is 13.1 Å². The highest BCUT2D eigenvalue weighted by Crippen LogP contribution is 2.25. The fourth-order valence-corrected chi connectivity index (χ4v) is 3.05. The topological polar surface area (TPSA) is 113 Å². The Morgan fingerprint density at radius 3 is 2.60 bits per heavy atom. The Bertz CT molecular complexity index is 575. The zero-order valence-corrected chi connectivity index (χ0v) is 12.0. The number of nitro benzene ring substituents is 1. The van der Waals surface area contributed by atoms with E-state index in [1.54, 1.807) is 7.05 Å². The minimum atomic E-state index is -4.02. The summed E-state index contributed by atoms with van der Waals surface area (Å²) in [6.07, 6.45) is -0.900. The number of benzene rings is 1. The molecule has 0 saturated carbocycles. The van der Waals surface area contributed by atoms with Gasteiger partial charge < -0.3 is 10.4 Å². The van der Waals surface area contributed by atoms with Gasteiger partial charge in [-0.25, -0.2) is 8.42 Å². The third-order valence-electron chi connectivity index (χ3n) is 2.66. The quantitative estimate of drug-likeness (QED) is 0.532. The molecule has 9 heteroatoms. The first-order chi connectivity index (χ1) is 9.30. The lowest BCUT2D eigenvalue weighted by atomic mass is 10.3. The minimum Gasteiger partial charge on any atom is -0.390 e. The summed E-state index contributed by atoms with van der Waals surface area (Å²) in [6, 6.07) is 5.12. The second kappa shape index (κ2) is 6.75. The maximum Gasteiger partial charge on any atom is 0.289 e. The van der Waals surface area contributed by atoms with Crippen LogP contribution in [0, 0.1) is 10.1 Å². The number of sulfonamides is 1. The number of hydrogen-bond acceptors (Lipinski definition) is 6. The lowest BCUT2D eigenvalue weighted by Gasteiger charge is -2.20. The van der Waals surface area contributed by atoms with Gasteiger partial charge in [0.15, 0.2) is 4.90 Å². The second-order valence-corrected chi connectivity index (χ2v) is 6.24. The van der Waals surface area contributed by atoms with Gasteiger partial charge in [0.05, 0.1) is 11.0 Å². The molecule has 0 aromatic heterocycles. The van der Waals surface area contributed by atoms with Crippen molar-refractivity contribution in [3.8, 4) is 0 Å². The molecule has 112 valence electrons. The maximum atomic E-state index is 12.3. The molecule has 1 aromatic carbocycles. The first-order valence-corrected chi connectivity index (χ1v) is 7.27. The molecule has 2 N–H and O–H groups in total. The summed E-state index contributed by atoms with van der Waals surface area (Å²) in [6.45, 7) is 0.0615. The molecule has 0 radical (unpaired) electrons. The minimum absolute atomic E-state index is 0.158. The molecule has 0 aliphatic carbocycles. The molecule has 0 fully saturated rings. The Labute approximate surface area is 117 Å². The highest BCUT2D eigenvalue weighted by Gasteiger charge is 2.29. The molecule has 0 bridgehead atoms. The predicted octanol–water partition coefficient (Wildman–Crippen LogP) is -0.204. The van der Waals surface area contributed by atoms with Crippen molar-refractivity contribution in [3.63, 3.8) is 0 Å². The number of para-hydroxylation sites is 1. The number of aliphatic hydroxyl groups excluding tert-OH is 1. The number of rotatable bonds is 7. The summed E-state index contributed by atoms with van der Waals surface area (Å²) in [4.78, 5) is 9.75. The van der Waals surface area contributed by atoms with E-state index >= 15 is 0 Å². The SMILES string of the molecule is CNCC(O)CN(C)S(=O)(=O)c1ccccc1[N+](=O)[O-]. The summed E-state index contributed by atoms with van der Waals surface area (Å²) >= 11 is 0. The van der Waals surface area contributed by atoms with Gasteiger partial charge in [0.25, 0.3) is 5.69 Å². The zero-order chi connectivity index (χ0) is 15.3. The molecule has 0 aliphatic heterocycles. The number of nitro groups is 1. The molecule has 0 saturated heterocycles. The molecule has 0 heterocycles. The van der Waals surface area contributed by atoms with Gasteiger partial charge in [-0.15, -0.1) is 0 Å². The largest absolute Gasteiger partial charge is 0.390 e. The van der Waals surface area contributed by atoms with Crippen LogP contribution >= 0.6 is 0 Å². The van der Waals surface area contributed by atoms with Gasteiger partial charge in [0, 0.05) is 26.2 Å². The molecular formula is C11H17N3O5S. The summed E-state index contributed by atoms with van der Waals surface area (Å²) in [5.74, 6) is 0.